The smallest absolute Gasteiger partial charge is 0.272 e. The topological polar surface area (TPSA) is 150 Å². The number of unbranched alkanes of at least 4 members (excludes halogenated alkanes) is 2. The van der Waals surface area contributed by atoms with Crippen LogP contribution in [-0.4, -0.2) is 79.2 Å². The Labute approximate surface area is 291 Å². The molecule has 12 nitrogen and oxygen atoms in total. The van der Waals surface area contributed by atoms with Crippen LogP contribution in [-0.2, 0) is 0 Å². The third-order valence-corrected chi connectivity index (χ3v) is 10.7. The van der Waals surface area contributed by atoms with Crippen LogP contribution in [0.25, 0.3) is 21.5 Å². The molecule has 12 heteroatoms. The normalized spacial score (nSPS) is 17.8. The van der Waals surface area contributed by atoms with E-state index in [0.29, 0.717) is 22.9 Å². The Morgan fingerprint density at radius 1 is 0.412 bits per heavy atom. The summed E-state index contributed by atoms with van der Waals surface area (Å²) in [7, 11) is 0. The number of nitrogens with zero attached hydrogens (tertiary/aromatic N) is 4. The van der Waals surface area contributed by atoms with Crippen molar-refractivity contribution in [3.8, 4) is 0 Å². The molecule has 8 rings (SSSR count). The number of carbonyl (C=O) groups excluding carboxylic acids is 8. The van der Waals surface area contributed by atoms with E-state index in [1.807, 2.05) is 13.8 Å². The number of rotatable bonds is 8. The molecule has 0 aromatic heterocycles. The van der Waals surface area contributed by atoms with Gasteiger partial charge in [-0.05, 0) is 75.2 Å². The summed E-state index contributed by atoms with van der Waals surface area (Å²) in [6.45, 7) is 7.50. The van der Waals surface area contributed by atoms with Crippen LogP contribution >= 0.6 is 0 Å². The lowest BCUT2D eigenvalue weighted by atomic mass is 9.85. The summed E-state index contributed by atoms with van der Waals surface area (Å²) in [6.07, 6.45) is 3.95. The number of hydrazine groups is 1. The molecule has 51 heavy (non-hydrogen) atoms. The van der Waals surface area contributed by atoms with Gasteiger partial charge in [-0.2, -0.15) is 10.0 Å². The largest absolute Gasteiger partial charge is 0.281 e. The van der Waals surface area contributed by atoms with Gasteiger partial charge in [0.15, 0.2) is 0 Å². The van der Waals surface area contributed by atoms with Gasteiger partial charge >= 0.3 is 0 Å². The molecule has 0 spiro atoms. The molecule has 0 radical (unpaired) electrons. The zero-order chi connectivity index (χ0) is 36.2. The highest BCUT2D eigenvalue weighted by atomic mass is 16.2. The van der Waals surface area contributed by atoms with Crippen molar-refractivity contribution in [3.63, 3.8) is 0 Å². The highest BCUT2D eigenvalue weighted by Crippen LogP contribution is 2.42. The number of imide groups is 4. The van der Waals surface area contributed by atoms with Gasteiger partial charge in [-0.15, -0.1) is 0 Å². The quantitative estimate of drug-likeness (QED) is 0.168. The van der Waals surface area contributed by atoms with Crippen LogP contribution in [0.5, 0.6) is 0 Å². The zero-order valence-corrected chi connectivity index (χ0v) is 28.4. The van der Waals surface area contributed by atoms with E-state index in [0.717, 1.165) is 19.3 Å². The molecular weight excluding hydrogens is 652 g/mol. The van der Waals surface area contributed by atoms with E-state index in [4.69, 9.17) is 0 Å². The summed E-state index contributed by atoms with van der Waals surface area (Å²) in [5, 5.41) is 1.53. The zero-order valence-electron chi connectivity index (χ0n) is 28.4. The van der Waals surface area contributed by atoms with E-state index in [1.165, 1.54) is 58.3 Å². The van der Waals surface area contributed by atoms with E-state index in [1.54, 1.807) is 6.92 Å². The first-order chi connectivity index (χ1) is 24.4. The third kappa shape index (κ3) is 4.13. The minimum atomic E-state index is -0.991. The van der Waals surface area contributed by atoms with E-state index in [9.17, 15) is 38.4 Å². The van der Waals surface area contributed by atoms with Crippen LogP contribution in [0.15, 0.2) is 48.5 Å². The lowest BCUT2D eigenvalue weighted by molar-refractivity contribution is 0.00211. The lowest BCUT2D eigenvalue weighted by Crippen LogP contribution is -2.58. The fourth-order valence-corrected chi connectivity index (χ4v) is 7.93. The average molecular weight is 685 g/mol. The fraction of sp³-hybridized carbons (Fsp3) is 0.282. The standard InChI is InChI=1S/C39H32N4O8/c1-5-7-8-9-19(4)41-34(46)22-12-16-26-31-27(17-13-23(29(22)31)35(41)47)39(51)43(38(26)50)42-36(48)24-14-10-20-28-21(11-15-25(30(24)28)37(42)49)33(45)40(32(20)44)18(3)6-2/h10-19H,5-9H2,1-4H3. The Kier molecular flexibility index (Phi) is 7.09. The first-order valence-corrected chi connectivity index (χ1v) is 17.2. The third-order valence-electron chi connectivity index (χ3n) is 10.7. The maximum Gasteiger partial charge on any atom is 0.281 e. The van der Waals surface area contributed by atoms with Crippen LogP contribution in [0.3, 0.4) is 0 Å². The fourth-order valence-electron chi connectivity index (χ4n) is 7.93. The van der Waals surface area contributed by atoms with Crippen LogP contribution in [0.4, 0.5) is 0 Å². The van der Waals surface area contributed by atoms with Gasteiger partial charge < -0.3 is 0 Å². The molecule has 0 fully saturated rings. The Balaban J connectivity index is 1.21. The summed E-state index contributed by atoms with van der Waals surface area (Å²) in [6, 6.07) is 10.4. The molecule has 4 heterocycles. The van der Waals surface area contributed by atoms with Gasteiger partial charge in [0.05, 0.1) is 22.3 Å². The molecular formula is C39H32N4O8. The Morgan fingerprint density at radius 2 is 0.686 bits per heavy atom. The lowest BCUT2D eigenvalue weighted by Gasteiger charge is -2.39. The Morgan fingerprint density at radius 3 is 0.961 bits per heavy atom. The number of hydrogen-bond acceptors (Lipinski definition) is 8. The predicted molar refractivity (Wildman–Crippen MR) is 183 cm³/mol. The van der Waals surface area contributed by atoms with Crippen molar-refractivity contribution in [1.29, 1.82) is 0 Å². The average Bonchev–Trinajstić information content (AvgIpc) is 3.12. The van der Waals surface area contributed by atoms with E-state index in [-0.39, 0.29) is 72.1 Å². The molecule has 256 valence electrons. The summed E-state index contributed by atoms with van der Waals surface area (Å²) >= 11 is 0. The minimum Gasteiger partial charge on any atom is -0.272 e. The van der Waals surface area contributed by atoms with Gasteiger partial charge in [-0.25, -0.2) is 0 Å². The maximum atomic E-state index is 14.2. The molecule has 4 aliphatic heterocycles. The summed E-state index contributed by atoms with van der Waals surface area (Å²) < 4.78 is 0. The van der Waals surface area contributed by atoms with Crippen molar-refractivity contribution < 1.29 is 38.4 Å². The summed E-state index contributed by atoms with van der Waals surface area (Å²) in [5.74, 6) is -6.10. The Bertz CT molecular complexity index is 2250. The molecule has 8 amide bonds. The van der Waals surface area contributed by atoms with Crippen molar-refractivity contribution in [1.82, 2.24) is 19.8 Å². The highest BCUT2D eigenvalue weighted by Gasteiger charge is 2.48. The molecule has 4 aromatic carbocycles. The highest BCUT2D eigenvalue weighted by molar-refractivity contribution is 6.37. The first-order valence-electron chi connectivity index (χ1n) is 17.2. The van der Waals surface area contributed by atoms with Crippen LogP contribution < -0.4 is 0 Å². The minimum absolute atomic E-state index is 0.0618. The second kappa shape index (κ2) is 11.2. The monoisotopic (exact) mass is 684 g/mol. The second-order valence-electron chi connectivity index (χ2n) is 13.5. The van der Waals surface area contributed by atoms with Gasteiger partial charge in [0.25, 0.3) is 47.3 Å². The van der Waals surface area contributed by atoms with Crippen molar-refractivity contribution in [2.75, 3.05) is 0 Å². The van der Waals surface area contributed by atoms with E-state index < -0.39 is 53.3 Å². The van der Waals surface area contributed by atoms with Crippen LogP contribution in [0, 0.1) is 0 Å². The van der Waals surface area contributed by atoms with Gasteiger partial charge in [-0.1, -0.05) is 33.1 Å². The molecule has 0 saturated heterocycles. The van der Waals surface area contributed by atoms with Crippen LogP contribution in [0.2, 0.25) is 0 Å². The van der Waals surface area contributed by atoms with Gasteiger partial charge in [-0.3, -0.25) is 48.2 Å². The second-order valence-corrected chi connectivity index (χ2v) is 13.5. The molecule has 4 aromatic rings. The molecule has 0 saturated carbocycles. The van der Waals surface area contributed by atoms with Crippen molar-refractivity contribution >= 4 is 68.8 Å². The molecule has 4 aliphatic rings. The first kappa shape index (κ1) is 32.2. The number of benzene rings is 4. The number of carbonyl (C=O) groups is 8. The van der Waals surface area contributed by atoms with Gasteiger partial charge in [0.2, 0.25) is 0 Å². The van der Waals surface area contributed by atoms with Gasteiger partial charge in [0.1, 0.15) is 0 Å². The van der Waals surface area contributed by atoms with E-state index >= 15 is 0 Å². The van der Waals surface area contributed by atoms with Crippen LogP contribution in [0.1, 0.15) is 143 Å². The molecule has 0 N–H and O–H groups in total. The van der Waals surface area contributed by atoms with E-state index in [2.05, 4.69) is 6.92 Å². The molecule has 0 bridgehead atoms. The summed E-state index contributed by atoms with van der Waals surface area (Å²) in [5.41, 5.74) is 0.425. The number of hydrogen-bond donors (Lipinski definition) is 0. The SMILES string of the molecule is CCCCCC(C)N1C(=O)c2ccc3c4c(ccc(c24)C1=O)C(=O)N(N1C(=O)c2ccc4c5c(ccc(c25)C1=O)C(=O)N(C(C)CC)C4=O)C3=O. The maximum absolute atomic E-state index is 14.2. The van der Waals surface area contributed by atoms with Crippen molar-refractivity contribution in [2.24, 2.45) is 0 Å². The Hall–Kier alpha value is -6.04. The predicted octanol–water partition coefficient (Wildman–Crippen LogP) is 5.76. The van der Waals surface area contributed by atoms with Gasteiger partial charge in [0, 0.05) is 55.9 Å². The number of amides is 8. The molecule has 0 aliphatic carbocycles. The summed E-state index contributed by atoms with van der Waals surface area (Å²) in [4.78, 5) is 114. The van der Waals surface area contributed by atoms with Crippen molar-refractivity contribution in [2.45, 2.75) is 71.9 Å². The molecule has 2 unspecified atom stereocenters. The van der Waals surface area contributed by atoms with Crippen molar-refractivity contribution in [3.05, 3.63) is 93.0 Å². The molecule has 2 atom stereocenters.